The van der Waals surface area contributed by atoms with Crippen molar-refractivity contribution in [3.8, 4) is 0 Å². The predicted molar refractivity (Wildman–Crippen MR) is 85.7 cm³/mol. The van der Waals surface area contributed by atoms with Crippen LogP contribution in [0.15, 0.2) is 41.8 Å². The summed E-state index contributed by atoms with van der Waals surface area (Å²) < 4.78 is 0. The Morgan fingerprint density at radius 3 is 3.05 bits per heavy atom. The van der Waals surface area contributed by atoms with Gasteiger partial charge in [0, 0.05) is 19.3 Å². The number of anilines is 1. The second-order valence-corrected chi connectivity index (χ2v) is 6.04. The van der Waals surface area contributed by atoms with Crippen molar-refractivity contribution >= 4 is 28.9 Å². The average molecular weight is 283 g/mol. The van der Waals surface area contributed by atoms with Crippen molar-refractivity contribution in [2.45, 2.75) is 12.8 Å². The van der Waals surface area contributed by atoms with E-state index in [-0.39, 0.29) is 5.78 Å². The number of hydrogen-bond donors (Lipinski definition) is 0. The molecule has 0 bridgehead atoms. The number of carbonyl (C=O) groups is 1. The van der Waals surface area contributed by atoms with E-state index in [0.29, 0.717) is 0 Å². The zero-order chi connectivity index (χ0) is 13.9. The van der Waals surface area contributed by atoms with Crippen LogP contribution in [0.3, 0.4) is 0 Å². The van der Waals surface area contributed by atoms with E-state index >= 15 is 0 Å². The van der Waals surface area contributed by atoms with Crippen molar-refractivity contribution in [2.75, 3.05) is 18.5 Å². The lowest BCUT2D eigenvalue weighted by Gasteiger charge is -2.27. The third kappa shape index (κ3) is 2.68. The molecule has 0 unspecified atom stereocenters. The van der Waals surface area contributed by atoms with Crippen LogP contribution in [-0.4, -0.2) is 19.4 Å². The van der Waals surface area contributed by atoms with E-state index in [2.05, 4.69) is 30.1 Å². The lowest BCUT2D eigenvalue weighted by atomic mass is 9.99. The summed E-state index contributed by atoms with van der Waals surface area (Å²) in [6.45, 7) is 1.12. The Balaban J connectivity index is 1.80. The Labute approximate surface area is 123 Å². The van der Waals surface area contributed by atoms with Crippen molar-refractivity contribution in [1.82, 2.24) is 0 Å². The minimum Gasteiger partial charge on any atom is -0.374 e. The molecular formula is C17H17NOS. The number of benzene rings is 1. The summed E-state index contributed by atoms with van der Waals surface area (Å²) in [6.07, 6.45) is 5.90. The maximum absolute atomic E-state index is 11.9. The van der Waals surface area contributed by atoms with Crippen molar-refractivity contribution in [3.63, 3.8) is 0 Å². The number of ketones is 1. The molecule has 3 rings (SSSR count). The van der Waals surface area contributed by atoms with Gasteiger partial charge in [0.1, 0.15) is 0 Å². The number of fused-ring (bicyclic) bond motifs is 1. The standard InChI is InChI=1S/C17H17NOS/c1-18-10-2-4-14-12-13(6-8-15(14)18)7-9-16(19)17-5-3-11-20-17/h3,5-9,11-12H,2,4,10H2,1H3/b9-7+. The third-order valence-corrected chi connectivity index (χ3v) is 4.53. The number of nitrogens with zero attached hydrogens (tertiary/aromatic N) is 1. The second-order valence-electron chi connectivity index (χ2n) is 5.09. The molecule has 0 radical (unpaired) electrons. The van der Waals surface area contributed by atoms with Crippen molar-refractivity contribution < 1.29 is 4.79 Å². The maximum Gasteiger partial charge on any atom is 0.195 e. The molecule has 0 spiro atoms. The van der Waals surface area contributed by atoms with Crippen LogP contribution in [0.5, 0.6) is 0 Å². The van der Waals surface area contributed by atoms with E-state index in [1.54, 1.807) is 6.08 Å². The lowest BCUT2D eigenvalue weighted by molar-refractivity contribution is 0.105. The number of aryl methyl sites for hydroxylation is 1. The van der Waals surface area contributed by atoms with Gasteiger partial charge >= 0.3 is 0 Å². The number of allylic oxidation sites excluding steroid dienone is 1. The average Bonchev–Trinajstić information content (AvgIpc) is 2.99. The molecule has 1 aliphatic rings. The van der Waals surface area contributed by atoms with Crippen molar-refractivity contribution in [3.05, 3.63) is 57.8 Å². The topological polar surface area (TPSA) is 20.3 Å². The lowest BCUT2D eigenvalue weighted by Crippen LogP contribution is -2.24. The zero-order valence-electron chi connectivity index (χ0n) is 11.5. The molecule has 0 fully saturated rings. The van der Waals surface area contributed by atoms with Gasteiger partial charge in [-0.3, -0.25) is 4.79 Å². The minimum atomic E-state index is 0.0786. The van der Waals surface area contributed by atoms with Crippen LogP contribution in [0.2, 0.25) is 0 Å². The number of carbonyl (C=O) groups excluding carboxylic acids is 1. The van der Waals surface area contributed by atoms with E-state index in [4.69, 9.17) is 0 Å². The second kappa shape index (κ2) is 5.63. The summed E-state index contributed by atoms with van der Waals surface area (Å²) in [7, 11) is 2.13. The van der Waals surface area contributed by atoms with Gasteiger partial charge < -0.3 is 4.90 Å². The van der Waals surface area contributed by atoms with Gasteiger partial charge in [-0.05, 0) is 53.6 Å². The Bertz CT molecular complexity index is 643. The maximum atomic E-state index is 11.9. The zero-order valence-corrected chi connectivity index (χ0v) is 12.3. The fourth-order valence-electron chi connectivity index (χ4n) is 2.58. The predicted octanol–water partition coefficient (Wildman–Crippen LogP) is 4.03. The van der Waals surface area contributed by atoms with Gasteiger partial charge in [0.15, 0.2) is 5.78 Å². The highest BCUT2D eigenvalue weighted by molar-refractivity contribution is 7.12. The van der Waals surface area contributed by atoms with E-state index in [1.165, 1.54) is 29.0 Å². The summed E-state index contributed by atoms with van der Waals surface area (Å²) in [5, 5.41) is 1.93. The molecule has 20 heavy (non-hydrogen) atoms. The molecule has 2 nitrogen and oxygen atoms in total. The monoisotopic (exact) mass is 283 g/mol. The van der Waals surface area contributed by atoms with Crippen LogP contribution >= 0.6 is 11.3 Å². The van der Waals surface area contributed by atoms with Crippen LogP contribution in [0.25, 0.3) is 6.08 Å². The molecule has 0 saturated carbocycles. The Morgan fingerprint density at radius 2 is 2.25 bits per heavy atom. The molecule has 1 aromatic heterocycles. The molecule has 102 valence electrons. The number of rotatable bonds is 3. The molecule has 2 heterocycles. The summed E-state index contributed by atoms with van der Waals surface area (Å²) in [5.41, 5.74) is 3.80. The number of hydrogen-bond acceptors (Lipinski definition) is 3. The van der Waals surface area contributed by atoms with E-state index in [1.807, 2.05) is 23.6 Å². The molecule has 3 heteroatoms. The van der Waals surface area contributed by atoms with Crippen molar-refractivity contribution in [1.29, 1.82) is 0 Å². The number of thiophene rings is 1. The first-order valence-corrected chi connectivity index (χ1v) is 7.72. The molecule has 0 amide bonds. The summed E-state index contributed by atoms with van der Waals surface area (Å²) in [6, 6.07) is 10.2. The first-order chi connectivity index (χ1) is 9.74. The van der Waals surface area contributed by atoms with Gasteiger partial charge in [0.2, 0.25) is 0 Å². The molecule has 1 aliphatic heterocycles. The fraction of sp³-hybridized carbons (Fsp3) is 0.235. The largest absolute Gasteiger partial charge is 0.374 e. The fourth-order valence-corrected chi connectivity index (χ4v) is 3.23. The van der Waals surface area contributed by atoms with Crippen LogP contribution in [0.4, 0.5) is 5.69 Å². The van der Waals surface area contributed by atoms with E-state index in [0.717, 1.165) is 23.4 Å². The normalized spacial score (nSPS) is 14.6. The Kier molecular flexibility index (Phi) is 3.70. The SMILES string of the molecule is CN1CCCc2cc(/C=C/C(=O)c3cccs3)ccc21. The molecule has 0 atom stereocenters. The highest BCUT2D eigenvalue weighted by Crippen LogP contribution is 2.27. The van der Waals surface area contributed by atoms with Crippen LogP contribution in [0, 0.1) is 0 Å². The first kappa shape index (κ1) is 13.1. The third-order valence-electron chi connectivity index (χ3n) is 3.65. The van der Waals surface area contributed by atoms with Gasteiger partial charge in [-0.1, -0.05) is 18.2 Å². The van der Waals surface area contributed by atoms with Gasteiger partial charge in [-0.15, -0.1) is 11.3 Å². The van der Waals surface area contributed by atoms with Gasteiger partial charge in [-0.2, -0.15) is 0 Å². The molecule has 0 saturated heterocycles. The Hall–Kier alpha value is -1.87. The van der Waals surface area contributed by atoms with Crippen molar-refractivity contribution in [2.24, 2.45) is 0 Å². The smallest absolute Gasteiger partial charge is 0.195 e. The van der Waals surface area contributed by atoms with Crippen LogP contribution in [-0.2, 0) is 6.42 Å². The first-order valence-electron chi connectivity index (χ1n) is 6.84. The molecule has 0 aliphatic carbocycles. The minimum absolute atomic E-state index is 0.0786. The molecular weight excluding hydrogens is 266 g/mol. The van der Waals surface area contributed by atoms with Crippen LogP contribution < -0.4 is 4.90 Å². The highest BCUT2D eigenvalue weighted by atomic mass is 32.1. The molecule has 2 aromatic rings. The summed E-state index contributed by atoms with van der Waals surface area (Å²) in [4.78, 5) is 15.0. The quantitative estimate of drug-likeness (QED) is 0.626. The van der Waals surface area contributed by atoms with Gasteiger partial charge in [-0.25, -0.2) is 0 Å². The summed E-state index contributed by atoms with van der Waals surface area (Å²) in [5.74, 6) is 0.0786. The highest BCUT2D eigenvalue weighted by Gasteiger charge is 2.13. The Morgan fingerprint density at radius 1 is 1.35 bits per heavy atom. The molecule has 1 aromatic carbocycles. The van der Waals surface area contributed by atoms with Gasteiger partial charge in [0.05, 0.1) is 4.88 Å². The summed E-state index contributed by atoms with van der Waals surface area (Å²) >= 11 is 1.48. The molecule has 0 N–H and O–H groups in total. The van der Waals surface area contributed by atoms with Gasteiger partial charge in [0.25, 0.3) is 0 Å². The van der Waals surface area contributed by atoms with E-state index in [9.17, 15) is 4.79 Å². The van der Waals surface area contributed by atoms with Crippen LogP contribution in [0.1, 0.15) is 27.2 Å². The van der Waals surface area contributed by atoms with E-state index < -0.39 is 0 Å².